The molecule has 0 saturated heterocycles. The smallest absolute Gasteiger partial charge is 0.0661 e. The first kappa shape index (κ1) is 12.9. The van der Waals surface area contributed by atoms with Crippen LogP contribution in [0, 0.1) is 10.8 Å². The van der Waals surface area contributed by atoms with Crippen LogP contribution in [-0.4, -0.2) is 24.8 Å². The van der Waals surface area contributed by atoms with Gasteiger partial charge in [-0.05, 0) is 38.0 Å². The molecule has 3 unspecified atom stereocenters. The summed E-state index contributed by atoms with van der Waals surface area (Å²) in [5, 5.41) is 3.95. The SMILES string of the molecule is CCOC1CC(NC2CC2(C)C)C12CCCCC2. The first-order chi connectivity index (χ1) is 8.58. The Hall–Kier alpha value is -0.0800. The van der Waals surface area contributed by atoms with Crippen molar-refractivity contribution >= 4 is 0 Å². The fourth-order valence-corrected chi connectivity index (χ4v) is 4.29. The fourth-order valence-electron chi connectivity index (χ4n) is 4.29. The Morgan fingerprint density at radius 3 is 2.33 bits per heavy atom. The highest BCUT2D eigenvalue weighted by atomic mass is 16.5. The number of hydrogen-bond acceptors (Lipinski definition) is 2. The summed E-state index contributed by atoms with van der Waals surface area (Å²) in [5.41, 5.74) is 1.04. The lowest BCUT2D eigenvalue weighted by Crippen LogP contribution is -2.65. The van der Waals surface area contributed by atoms with Crippen LogP contribution in [0.2, 0.25) is 0 Å². The molecule has 0 heterocycles. The van der Waals surface area contributed by atoms with Crippen molar-refractivity contribution in [1.82, 2.24) is 5.32 Å². The minimum atomic E-state index is 0.493. The van der Waals surface area contributed by atoms with E-state index in [1.54, 1.807) is 0 Å². The molecule has 18 heavy (non-hydrogen) atoms. The first-order valence-corrected chi connectivity index (χ1v) is 7.96. The van der Waals surface area contributed by atoms with Crippen LogP contribution in [0.15, 0.2) is 0 Å². The second-order valence-corrected chi connectivity index (χ2v) is 7.44. The summed E-state index contributed by atoms with van der Waals surface area (Å²) in [5.74, 6) is 0. The molecule has 0 amide bonds. The number of hydrogen-bond donors (Lipinski definition) is 1. The topological polar surface area (TPSA) is 21.3 Å². The van der Waals surface area contributed by atoms with Crippen molar-refractivity contribution in [3.63, 3.8) is 0 Å². The highest BCUT2D eigenvalue weighted by Gasteiger charge is 2.58. The quantitative estimate of drug-likeness (QED) is 0.825. The second-order valence-electron chi connectivity index (χ2n) is 7.44. The molecular weight excluding hydrogens is 222 g/mol. The molecule has 3 aliphatic rings. The van der Waals surface area contributed by atoms with Gasteiger partial charge in [-0.25, -0.2) is 0 Å². The Balaban J connectivity index is 1.64. The van der Waals surface area contributed by atoms with Crippen molar-refractivity contribution in [3.05, 3.63) is 0 Å². The molecule has 3 rings (SSSR count). The maximum atomic E-state index is 6.02. The van der Waals surface area contributed by atoms with E-state index in [1.807, 2.05) is 0 Å². The first-order valence-electron chi connectivity index (χ1n) is 7.96. The van der Waals surface area contributed by atoms with Gasteiger partial charge < -0.3 is 10.1 Å². The van der Waals surface area contributed by atoms with Crippen LogP contribution in [0.5, 0.6) is 0 Å². The van der Waals surface area contributed by atoms with Crippen LogP contribution in [0.3, 0.4) is 0 Å². The van der Waals surface area contributed by atoms with Gasteiger partial charge in [-0.3, -0.25) is 0 Å². The van der Waals surface area contributed by atoms with E-state index in [-0.39, 0.29) is 0 Å². The van der Waals surface area contributed by atoms with E-state index in [0.29, 0.717) is 16.9 Å². The summed E-state index contributed by atoms with van der Waals surface area (Å²) < 4.78 is 6.02. The third-order valence-electron chi connectivity index (χ3n) is 5.85. The molecule has 0 aromatic heterocycles. The number of ether oxygens (including phenoxy) is 1. The van der Waals surface area contributed by atoms with E-state index < -0.39 is 0 Å². The highest BCUT2D eigenvalue weighted by molar-refractivity contribution is 5.13. The predicted octanol–water partition coefficient (Wildman–Crippen LogP) is 3.50. The van der Waals surface area contributed by atoms with Gasteiger partial charge in [0.2, 0.25) is 0 Å². The molecule has 104 valence electrons. The van der Waals surface area contributed by atoms with Gasteiger partial charge >= 0.3 is 0 Å². The zero-order chi connectivity index (χ0) is 12.8. The van der Waals surface area contributed by atoms with Crippen molar-refractivity contribution in [2.75, 3.05) is 6.61 Å². The van der Waals surface area contributed by atoms with Crippen LogP contribution >= 0.6 is 0 Å². The van der Waals surface area contributed by atoms with Crippen molar-refractivity contribution in [3.8, 4) is 0 Å². The standard InChI is InChI=1S/C16H29NO/c1-4-18-14-10-12(17-13-11-15(13,2)3)16(14)8-6-5-7-9-16/h12-14,17H,4-11H2,1-3H3. The average molecular weight is 251 g/mol. The van der Waals surface area contributed by atoms with Gasteiger partial charge in [0.25, 0.3) is 0 Å². The Morgan fingerprint density at radius 1 is 1.11 bits per heavy atom. The van der Waals surface area contributed by atoms with Gasteiger partial charge in [-0.1, -0.05) is 33.1 Å². The van der Waals surface area contributed by atoms with Crippen molar-refractivity contribution in [2.24, 2.45) is 10.8 Å². The largest absolute Gasteiger partial charge is 0.378 e. The number of nitrogens with one attached hydrogen (secondary N) is 1. The van der Waals surface area contributed by atoms with Gasteiger partial charge in [0, 0.05) is 24.1 Å². The lowest BCUT2D eigenvalue weighted by Gasteiger charge is -2.58. The maximum Gasteiger partial charge on any atom is 0.0661 e. The van der Waals surface area contributed by atoms with Crippen LogP contribution < -0.4 is 5.32 Å². The maximum absolute atomic E-state index is 6.02. The molecule has 3 fully saturated rings. The van der Waals surface area contributed by atoms with E-state index in [4.69, 9.17) is 4.74 Å². The van der Waals surface area contributed by atoms with E-state index in [0.717, 1.165) is 18.7 Å². The molecule has 0 aliphatic heterocycles. The van der Waals surface area contributed by atoms with E-state index >= 15 is 0 Å². The van der Waals surface area contributed by atoms with Crippen LogP contribution in [0.25, 0.3) is 0 Å². The Labute approximate surface area is 112 Å². The Morgan fingerprint density at radius 2 is 1.78 bits per heavy atom. The molecule has 0 bridgehead atoms. The zero-order valence-electron chi connectivity index (χ0n) is 12.3. The highest BCUT2D eigenvalue weighted by Crippen LogP contribution is 2.55. The summed E-state index contributed by atoms with van der Waals surface area (Å²) in [7, 11) is 0. The molecule has 3 saturated carbocycles. The van der Waals surface area contributed by atoms with Gasteiger partial charge in [0.1, 0.15) is 0 Å². The van der Waals surface area contributed by atoms with Crippen LogP contribution in [0.4, 0.5) is 0 Å². The third kappa shape index (κ3) is 2.02. The lowest BCUT2D eigenvalue weighted by molar-refractivity contribution is -0.150. The van der Waals surface area contributed by atoms with Gasteiger partial charge in [-0.2, -0.15) is 0 Å². The number of rotatable bonds is 4. The molecule has 2 heteroatoms. The second kappa shape index (κ2) is 4.49. The lowest BCUT2D eigenvalue weighted by atomic mass is 9.55. The van der Waals surface area contributed by atoms with E-state index in [9.17, 15) is 0 Å². The Bertz CT molecular complexity index is 306. The summed E-state index contributed by atoms with van der Waals surface area (Å²) in [4.78, 5) is 0. The van der Waals surface area contributed by atoms with Crippen molar-refractivity contribution in [1.29, 1.82) is 0 Å². The molecule has 0 aromatic carbocycles. The molecule has 3 aliphatic carbocycles. The summed E-state index contributed by atoms with van der Waals surface area (Å²) in [6.45, 7) is 7.79. The molecule has 0 aromatic rings. The van der Waals surface area contributed by atoms with E-state index in [1.165, 1.54) is 44.9 Å². The summed E-state index contributed by atoms with van der Waals surface area (Å²) in [6.07, 6.45) is 10.2. The van der Waals surface area contributed by atoms with Crippen LogP contribution in [0.1, 0.15) is 65.7 Å². The molecule has 2 nitrogen and oxygen atoms in total. The van der Waals surface area contributed by atoms with Gasteiger partial charge in [0.15, 0.2) is 0 Å². The summed E-state index contributed by atoms with van der Waals surface area (Å²) in [6, 6.07) is 1.50. The monoisotopic (exact) mass is 251 g/mol. The molecular formula is C16H29NO. The zero-order valence-corrected chi connectivity index (χ0v) is 12.3. The molecule has 1 spiro atoms. The van der Waals surface area contributed by atoms with Gasteiger partial charge in [-0.15, -0.1) is 0 Å². The average Bonchev–Trinajstić information content (AvgIpc) is 2.97. The predicted molar refractivity (Wildman–Crippen MR) is 74.7 cm³/mol. The van der Waals surface area contributed by atoms with Crippen molar-refractivity contribution in [2.45, 2.75) is 83.9 Å². The molecule has 0 radical (unpaired) electrons. The molecule has 3 atom stereocenters. The molecule has 1 N–H and O–H groups in total. The van der Waals surface area contributed by atoms with Gasteiger partial charge in [0.05, 0.1) is 6.10 Å². The third-order valence-corrected chi connectivity index (χ3v) is 5.85. The minimum absolute atomic E-state index is 0.493. The summed E-state index contributed by atoms with van der Waals surface area (Å²) >= 11 is 0. The van der Waals surface area contributed by atoms with E-state index in [2.05, 4.69) is 26.1 Å². The Kier molecular flexibility index (Phi) is 3.22. The fraction of sp³-hybridized carbons (Fsp3) is 1.00. The van der Waals surface area contributed by atoms with Crippen molar-refractivity contribution < 1.29 is 4.74 Å². The van der Waals surface area contributed by atoms with Crippen LogP contribution in [-0.2, 0) is 4.74 Å². The normalized spacial score (nSPS) is 40.5. The minimum Gasteiger partial charge on any atom is -0.378 e.